The number of fused-ring (bicyclic) bond motifs is 3. The predicted molar refractivity (Wildman–Crippen MR) is 122 cm³/mol. The van der Waals surface area contributed by atoms with Crippen LogP contribution in [-0.2, 0) is 4.74 Å². The van der Waals surface area contributed by atoms with E-state index in [4.69, 9.17) is 9.47 Å². The molecule has 6 nitrogen and oxygen atoms in total. The molecule has 1 aliphatic carbocycles. The number of carbonyl (C=O) groups is 1. The van der Waals surface area contributed by atoms with Crippen LogP contribution < -0.4 is 10.1 Å². The van der Waals surface area contributed by atoms with E-state index in [1.165, 1.54) is 19.2 Å². The Labute approximate surface area is 191 Å². The Kier molecular flexibility index (Phi) is 6.91. The summed E-state index contributed by atoms with van der Waals surface area (Å²) in [5, 5.41) is 23.2. The Morgan fingerprint density at radius 2 is 1.67 bits per heavy atom. The zero-order chi connectivity index (χ0) is 23.4. The lowest BCUT2D eigenvalue weighted by molar-refractivity contribution is 0.0134. The Morgan fingerprint density at radius 3 is 2.30 bits per heavy atom. The number of ether oxygens (including phenoxy) is 2. The molecule has 2 unspecified atom stereocenters. The number of hydrogen-bond donors (Lipinski definition) is 3. The molecule has 0 saturated heterocycles. The number of alkyl carbamates (subject to hydrolysis) is 1. The third-order valence-corrected chi connectivity index (χ3v) is 5.89. The summed E-state index contributed by atoms with van der Waals surface area (Å²) >= 11 is 0. The maximum Gasteiger partial charge on any atom is 0.407 e. The first-order valence-corrected chi connectivity index (χ1v) is 10.8. The van der Waals surface area contributed by atoms with Crippen LogP contribution in [0.3, 0.4) is 0 Å². The van der Waals surface area contributed by atoms with E-state index in [0.29, 0.717) is 0 Å². The van der Waals surface area contributed by atoms with Crippen molar-refractivity contribution in [1.29, 1.82) is 0 Å². The van der Waals surface area contributed by atoms with Crippen molar-refractivity contribution in [3.8, 4) is 16.9 Å². The molecule has 0 saturated carbocycles. The van der Waals surface area contributed by atoms with Gasteiger partial charge in [0, 0.05) is 18.5 Å². The minimum absolute atomic E-state index is 0.0430. The quantitative estimate of drug-likeness (QED) is 0.479. The highest BCUT2D eigenvalue weighted by atomic mass is 19.1. The highest BCUT2D eigenvalue weighted by Crippen LogP contribution is 2.44. The first-order chi connectivity index (χ1) is 16.0. The molecule has 0 aromatic heterocycles. The smallest absolute Gasteiger partial charge is 0.407 e. The number of aliphatic hydroxyl groups is 2. The molecule has 2 atom stereocenters. The van der Waals surface area contributed by atoms with E-state index in [9.17, 15) is 19.4 Å². The molecule has 0 heterocycles. The van der Waals surface area contributed by atoms with Crippen LogP contribution in [0.25, 0.3) is 11.1 Å². The number of aliphatic hydroxyl groups excluding tert-OH is 2. The Hall–Kier alpha value is -3.42. The maximum absolute atomic E-state index is 13.6. The van der Waals surface area contributed by atoms with Crippen LogP contribution in [0.4, 0.5) is 9.18 Å². The van der Waals surface area contributed by atoms with Crippen LogP contribution in [0.2, 0.25) is 0 Å². The average molecular weight is 451 g/mol. The van der Waals surface area contributed by atoms with Crippen molar-refractivity contribution in [3.63, 3.8) is 0 Å². The number of rotatable bonds is 8. The van der Waals surface area contributed by atoms with Crippen LogP contribution in [0.5, 0.6) is 5.75 Å². The van der Waals surface area contributed by atoms with Gasteiger partial charge in [-0.1, -0.05) is 48.5 Å². The van der Waals surface area contributed by atoms with Gasteiger partial charge in [0.15, 0.2) is 0 Å². The lowest BCUT2D eigenvalue weighted by Crippen LogP contribution is -2.30. The molecule has 1 amide bonds. The summed E-state index contributed by atoms with van der Waals surface area (Å²) in [6.07, 6.45) is -3.07. The van der Waals surface area contributed by atoms with Gasteiger partial charge in [-0.05, 0) is 46.4 Å². The van der Waals surface area contributed by atoms with Gasteiger partial charge in [0.25, 0.3) is 0 Å². The van der Waals surface area contributed by atoms with Gasteiger partial charge in [-0.25, -0.2) is 9.18 Å². The Morgan fingerprint density at radius 1 is 1.03 bits per heavy atom. The van der Waals surface area contributed by atoms with Gasteiger partial charge in [-0.15, -0.1) is 0 Å². The Balaban J connectivity index is 1.29. The minimum atomic E-state index is -1.32. The monoisotopic (exact) mass is 451 g/mol. The molecule has 3 aromatic rings. The van der Waals surface area contributed by atoms with Gasteiger partial charge in [-0.3, -0.25) is 0 Å². The minimum Gasteiger partial charge on any atom is -0.497 e. The third kappa shape index (κ3) is 4.99. The van der Waals surface area contributed by atoms with E-state index in [-0.39, 0.29) is 36.8 Å². The molecule has 1 aliphatic rings. The van der Waals surface area contributed by atoms with E-state index >= 15 is 0 Å². The largest absolute Gasteiger partial charge is 0.497 e. The lowest BCUT2D eigenvalue weighted by atomic mass is 9.98. The highest BCUT2D eigenvalue weighted by Gasteiger charge is 2.29. The van der Waals surface area contributed by atoms with Crippen molar-refractivity contribution in [2.24, 2.45) is 0 Å². The fourth-order valence-electron chi connectivity index (χ4n) is 4.22. The van der Waals surface area contributed by atoms with Crippen LogP contribution in [-0.4, -0.2) is 42.7 Å². The zero-order valence-electron chi connectivity index (χ0n) is 18.2. The number of amides is 1. The normalized spacial score (nSPS) is 14.2. The molecule has 3 aromatic carbocycles. The second kappa shape index (κ2) is 10.0. The van der Waals surface area contributed by atoms with Crippen LogP contribution in [0.15, 0.2) is 66.7 Å². The number of nitrogens with one attached hydrogen (secondary N) is 1. The molecule has 7 heteroatoms. The summed E-state index contributed by atoms with van der Waals surface area (Å²) < 4.78 is 24.1. The third-order valence-electron chi connectivity index (χ3n) is 5.89. The van der Waals surface area contributed by atoms with Crippen LogP contribution in [0, 0.1) is 5.82 Å². The van der Waals surface area contributed by atoms with E-state index in [1.807, 2.05) is 36.4 Å². The highest BCUT2D eigenvalue weighted by molar-refractivity contribution is 5.79. The van der Waals surface area contributed by atoms with Gasteiger partial charge < -0.3 is 25.0 Å². The molecule has 172 valence electrons. The van der Waals surface area contributed by atoms with Crippen molar-refractivity contribution in [1.82, 2.24) is 5.32 Å². The number of methoxy groups -OCH3 is 1. The molecule has 0 aliphatic heterocycles. The van der Waals surface area contributed by atoms with E-state index in [2.05, 4.69) is 17.4 Å². The van der Waals surface area contributed by atoms with Crippen molar-refractivity contribution in [2.75, 3.05) is 20.3 Å². The average Bonchev–Trinajstić information content (AvgIpc) is 3.15. The second-order valence-corrected chi connectivity index (χ2v) is 7.98. The maximum atomic E-state index is 13.6. The fraction of sp³-hybridized carbons (Fsp3) is 0.269. The number of hydrogen-bond acceptors (Lipinski definition) is 5. The zero-order valence-corrected chi connectivity index (χ0v) is 18.2. The summed E-state index contributed by atoms with van der Waals surface area (Å²) in [5.74, 6) is -0.376. The van der Waals surface area contributed by atoms with Crippen molar-refractivity contribution in [3.05, 3.63) is 89.2 Å². The summed E-state index contributed by atoms with van der Waals surface area (Å²) in [4.78, 5) is 12.2. The second-order valence-electron chi connectivity index (χ2n) is 7.98. The lowest BCUT2D eigenvalue weighted by Gasteiger charge is -2.19. The van der Waals surface area contributed by atoms with E-state index in [1.54, 1.807) is 0 Å². The number of halogens is 1. The number of benzene rings is 3. The molecule has 3 N–H and O–H groups in total. The predicted octanol–water partition coefficient (Wildman–Crippen LogP) is 4.16. The number of carbonyl (C=O) groups excluding carboxylic acids is 1. The summed E-state index contributed by atoms with van der Waals surface area (Å²) in [7, 11) is 1.39. The molecular formula is C26H26FNO5. The van der Waals surface area contributed by atoms with Gasteiger partial charge in [0.1, 0.15) is 24.3 Å². The van der Waals surface area contributed by atoms with Gasteiger partial charge >= 0.3 is 6.09 Å². The summed E-state index contributed by atoms with van der Waals surface area (Å²) in [5.41, 5.74) is 4.73. The topological polar surface area (TPSA) is 88.0 Å². The summed E-state index contributed by atoms with van der Waals surface area (Å²) in [6.45, 7) is 0.273. The van der Waals surface area contributed by atoms with Crippen LogP contribution >= 0.6 is 0 Å². The molecular weight excluding hydrogens is 425 g/mol. The molecule has 0 fully saturated rings. The first-order valence-electron chi connectivity index (χ1n) is 10.8. The van der Waals surface area contributed by atoms with E-state index < -0.39 is 24.1 Å². The van der Waals surface area contributed by atoms with Crippen molar-refractivity contribution >= 4 is 6.09 Å². The van der Waals surface area contributed by atoms with Gasteiger partial charge in [-0.2, -0.15) is 0 Å². The Bertz CT molecular complexity index is 1090. The van der Waals surface area contributed by atoms with Crippen molar-refractivity contribution in [2.45, 2.75) is 24.5 Å². The molecule has 33 heavy (non-hydrogen) atoms. The first kappa shape index (κ1) is 22.8. The SMILES string of the molecule is COc1cc(F)cc(C(O)C(O)CCNC(=O)OCC2c3ccccc3-c3ccccc32)c1. The molecule has 0 radical (unpaired) electrons. The van der Waals surface area contributed by atoms with Gasteiger partial charge in [0.05, 0.1) is 13.2 Å². The van der Waals surface area contributed by atoms with E-state index in [0.717, 1.165) is 28.3 Å². The standard InChI is InChI=1S/C26H26FNO5/c1-32-18-13-16(12-17(27)14-18)25(30)24(29)10-11-28-26(31)33-15-23-21-8-4-2-6-19(21)20-7-3-5-9-22(20)23/h2-9,12-14,23-25,29-30H,10-11,15H2,1H3,(H,28,31). The fourth-order valence-corrected chi connectivity index (χ4v) is 4.22. The molecule has 0 bridgehead atoms. The molecule has 0 spiro atoms. The summed E-state index contributed by atoms with van der Waals surface area (Å²) in [6, 6.07) is 19.9. The van der Waals surface area contributed by atoms with Crippen LogP contribution in [0.1, 0.15) is 35.1 Å². The van der Waals surface area contributed by atoms with Crippen molar-refractivity contribution < 1.29 is 28.9 Å². The van der Waals surface area contributed by atoms with Gasteiger partial charge in [0.2, 0.25) is 0 Å². The molecule has 4 rings (SSSR count).